The second-order valence-electron chi connectivity index (χ2n) is 11.0. The highest BCUT2D eigenvalue weighted by Gasteiger charge is 2.75. The van der Waals surface area contributed by atoms with Crippen LogP contribution in [0.4, 0.5) is 0 Å². The lowest BCUT2D eigenvalue weighted by atomic mass is 9.48. The molecule has 1 spiro atoms. The van der Waals surface area contributed by atoms with Gasteiger partial charge in [-0.2, -0.15) is 0 Å². The zero-order valence-electron chi connectivity index (χ0n) is 21.9. The SMILES string of the molecule is C=CCN1CC[C@]23c4c5ccc(O)c4OC2C(N(C)C(=O)/C=C/c2ccccc2)CC[C@@]3(OC(C)=O)[C@H]1C5. The number of amides is 1. The van der Waals surface area contributed by atoms with Crippen molar-refractivity contribution < 1.29 is 24.2 Å². The minimum absolute atomic E-state index is 0.0489. The van der Waals surface area contributed by atoms with Gasteiger partial charge in [-0.05, 0) is 49.0 Å². The van der Waals surface area contributed by atoms with Crippen LogP contribution in [-0.2, 0) is 26.2 Å². The van der Waals surface area contributed by atoms with E-state index in [0.717, 1.165) is 23.2 Å². The standard InChI is InChI=1S/C31H34N2O5/c1-4-17-33-18-16-30-27-22-11-12-24(35)28(27)37-29(30)23(14-15-31(30,25(33)19-22)38-20(2)34)32(3)26(36)13-10-21-8-6-5-7-9-21/h4-13,23,25,29,35H,1,14-19H2,2-3H3/b13-10+/t23?,25-,29?,30+,31-/m1/s1. The molecule has 7 nitrogen and oxygen atoms in total. The Labute approximate surface area is 223 Å². The van der Waals surface area contributed by atoms with E-state index >= 15 is 0 Å². The van der Waals surface area contributed by atoms with Gasteiger partial charge in [-0.15, -0.1) is 6.58 Å². The fourth-order valence-electron chi connectivity index (χ4n) is 7.83. The van der Waals surface area contributed by atoms with Crippen LogP contribution in [0.3, 0.4) is 0 Å². The average molecular weight is 515 g/mol. The molecule has 2 aromatic rings. The topological polar surface area (TPSA) is 79.3 Å². The first-order chi connectivity index (χ1) is 18.3. The molecular weight excluding hydrogens is 480 g/mol. The highest BCUT2D eigenvalue weighted by Crippen LogP contribution is 2.67. The van der Waals surface area contributed by atoms with E-state index in [1.54, 1.807) is 17.0 Å². The Morgan fingerprint density at radius 1 is 1.24 bits per heavy atom. The number of likely N-dealkylation sites (tertiary alicyclic amines) is 1. The fraction of sp³-hybridized carbons (Fsp3) is 0.419. The lowest BCUT2D eigenvalue weighted by Gasteiger charge is -2.65. The van der Waals surface area contributed by atoms with Crippen LogP contribution >= 0.6 is 0 Å². The zero-order chi connectivity index (χ0) is 26.7. The number of carbonyl (C=O) groups is 2. The van der Waals surface area contributed by atoms with Crippen LogP contribution in [0, 0.1) is 0 Å². The molecule has 0 radical (unpaired) electrons. The number of esters is 1. The summed E-state index contributed by atoms with van der Waals surface area (Å²) in [6.07, 6.45) is 7.47. The first-order valence-electron chi connectivity index (χ1n) is 13.4. The molecule has 1 N–H and O–H groups in total. The molecule has 2 unspecified atom stereocenters. The van der Waals surface area contributed by atoms with E-state index in [-0.39, 0.29) is 29.7 Å². The van der Waals surface area contributed by atoms with Gasteiger partial charge in [0.1, 0.15) is 11.7 Å². The van der Waals surface area contributed by atoms with Crippen molar-refractivity contribution in [2.24, 2.45) is 0 Å². The maximum atomic E-state index is 13.4. The largest absolute Gasteiger partial charge is 0.504 e. The first kappa shape index (κ1) is 24.7. The summed E-state index contributed by atoms with van der Waals surface area (Å²) in [7, 11) is 1.82. The number of ether oxygens (including phenoxy) is 2. The van der Waals surface area contributed by atoms with Crippen molar-refractivity contribution >= 4 is 18.0 Å². The molecule has 198 valence electrons. The maximum absolute atomic E-state index is 13.4. The molecule has 2 fully saturated rings. The molecule has 2 aliphatic heterocycles. The number of hydrogen-bond donors (Lipinski definition) is 1. The summed E-state index contributed by atoms with van der Waals surface area (Å²) in [5, 5.41) is 10.9. The molecule has 7 heteroatoms. The van der Waals surface area contributed by atoms with Crippen LogP contribution in [-0.4, -0.2) is 70.7 Å². The van der Waals surface area contributed by atoms with Crippen LogP contribution in [0.1, 0.15) is 42.9 Å². The quantitative estimate of drug-likeness (QED) is 0.359. The minimum Gasteiger partial charge on any atom is -0.504 e. The van der Waals surface area contributed by atoms with Gasteiger partial charge in [-0.3, -0.25) is 14.5 Å². The van der Waals surface area contributed by atoms with Gasteiger partial charge >= 0.3 is 5.97 Å². The van der Waals surface area contributed by atoms with E-state index in [1.807, 2.05) is 55.6 Å². The minimum atomic E-state index is -0.822. The van der Waals surface area contributed by atoms with Crippen molar-refractivity contribution in [3.05, 3.63) is 77.9 Å². The number of aromatic hydroxyl groups is 1. The number of carbonyl (C=O) groups excluding carboxylic acids is 2. The van der Waals surface area contributed by atoms with E-state index in [0.29, 0.717) is 38.0 Å². The number of nitrogens with zero attached hydrogens (tertiary/aromatic N) is 2. The van der Waals surface area contributed by atoms with E-state index in [4.69, 9.17) is 9.47 Å². The van der Waals surface area contributed by atoms with E-state index in [9.17, 15) is 14.7 Å². The predicted octanol–water partition coefficient (Wildman–Crippen LogP) is 3.84. The fourth-order valence-corrected chi connectivity index (χ4v) is 7.83. The Balaban J connectivity index is 1.45. The molecule has 1 saturated carbocycles. The summed E-state index contributed by atoms with van der Waals surface area (Å²) >= 11 is 0. The summed E-state index contributed by atoms with van der Waals surface area (Å²) in [5.74, 6) is 0.134. The normalized spacial score (nSPS) is 30.8. The van der Waals surface area contributed by atoms with Crippen molar-refractivity contribution in [3.63, 3.8) is 0 Å². The second kappa shape index (κ2) is 9.02. The van der Waals surface area contributed by atoms with Gasteiger partial charge in [0.25, 0.3) is 0 Å². The summed E-state index contributed by atoms with van der Waals surface area (Å²) in [6.45, 7) is 6.92. The molecule has 38 heavy (non-hydrogen) atoms. The van der Waals surface area contributed by atoms with Crippen LogP contribution in [0.15, 0.2) is 61.2 Å². The van der Waals surface area contributed by atoms with E-state index in [2.05, 4.69) is 11.5 Å². The molecule has 2 aliphatic carbocycles. The van der Waals surface area contributed by atoms with Gasteiger partial charge < -0.3 is 19.5 Å². The zero-order valence-corrected chi connectivity index (χ0v) is 21.9. The third kappa shape index (κ3) is 3.37. The highest BCUT2D eigenvalue weighted by molar-refractivity contribution is 5.92. The summed E-state index contributed by atoms with van der Waals surface area (Å²) in [5.41, 5.74) is 1.54. The van der Waals surface area contributed by atoms with Crippen molar-refractivity contribution in [3.8, 4) is 11.5 Å². The van der Waals surface area contributed by atoms with Crippen LogP contribution in [0.2, 0.25) is 0 Å². The molecule has 5 atom stereocenters. The number of phenols is 1. The summed E-state index contributed by atoms with van der Waals surface area (Å²) < 4.78 is 13.1. The monoisotopic (exact) mass is 514 g/mol. The number of phenolic OH excluding ortho intramolecular Hbond substituents is 1. The number of rotatable bonds is 6. The lowest BCUT2D eigenvalue weighted by Crippen LogP contribution is -2.79. The molecule has 1 saturated heterocycles. The second-order valence-corrected chi connectivity index (χ2v) is 11.0. The highest BCUT2D eigenvalue weighted by atomic mass is 16.6. The Morgan fingerprint density at radius 2 is 2.03 bits per heavy atom. The molecule has 1 amide bonds. The van der Waals surface area contributed by atoms with Crippen molar-refractivity contribution in [2.75, 3.05) is 20.1 Å². The number of piperidine rings is 1. The van der Waals surface area contributed by atoms with Crippen LogP contribution in [0.25, 0.3) is 6.08 Å². The van der Waals surface area contributed by atoms with Gasteiger partial charge in [0.2, 0.25) is 5.91 Å². The third-order valence-corrected chi connectivity index (χ3v) is 9.25. The Hall–Kier alpha value is -3.58. The van der Waals surface area contributed by atoms with Gasteiger partial charge in [-0.25, -0.2) is 0 Å². The molecule has 2 aromatic carbocycles. The van der Waals surface area contributed by atoms with Crippen molar-refractivity contribution in [1.29, 1.82) is 0 Å². The molecule has 2 heterocycles. The van der Waals surface area contributed by atoms with Crippen LogP contribution in [0.5, 0.6) is 11.5 Å². The molecular formula is C31H34N2O5. The Bertz CT molecular complexity index is 1320. The Kier molecular flexibility index (Phi) is 5.87. The van der Waals surface area contributed by atoms with Gasteiger partial charge in [0.05, 0.1) is 17.5 Å². The number of likely N-dealkylation sites (N-methyl/N-ethyl adjacent to an activating group) is 1. The third-order valence-electron chi connectivity index (χ3n) is 9.25. The summed E-state index contributed by atoms with van der Waals surface area (Å²) in [4.78, 5) is 30.2. The van der Waals surface area contributed by atoms with Gasteiger partial charge in [0, 0.05) is 38.7 Å². The van der Waals surface area contributed by atoms with Crippen molar-refractivity contribution in [1.82, 2.24) is 9.80 Å². The Morgan fingerprint density at radius 3 is 2.76 bits per heavy atom. The first-order valence-corrected chi connectivity index (χ1v) is 13.4. The lowest BCUT2D eigenvalue weighted by molar-refractivity contribution is -0.222. The molecule has 4 aliphatic rings. The molecule has 6 rings (SSSR count). The smallest absolute Gasteiger partial charge is 0.303 e. The van der Waals surface area contributed by atoms with Gasteiger partial charge in [0.15, 0.2) is 11.5 Å². The molecule has 2 bridgehead atoms. The number of benzene rings is 2. The van der Waals surface area contributed by atoms with E-state index < -0.39 is 17.1 Å². The van der Waals surface area contributed by atoms with E-state index in [1.165, 1.54) is 6.92 Å². The van der Waals surface area contributed by atoms with Gasteiger partial charge in [-0.1, -0.05) is 42.5 Å². The maximum Gasteiger partial charge on any atom is 0.303 e. The van der Waals surface area contributed by atoms with Crippen LogP contribution < -0.4 is 4.74 Å². The average Bonchev–Trinajstić information content (AvgIpc) is 3.26. The molecule has 0 aromatic heterocycles. The number of hydrogen-bond acceptors (Lipinski definition) is 6. The predicted molar refractivity (Wildman–Crippen MR) is 144 cm³/mol. The summed E-state index contributed by atoms with van der Waals surface area (Å²) in [6, 6.07) is 13.1. The van der Waals surface area contributed by atoms with Crippen molar-refractivity contribution in [2.45, 2.75) is 61.8 Å².